The first-order chi connectivity index (χ1) is 18.6. The SMILES string of the molecule is CN1CCC(COc2ccc(C34CC(C(F)(F)[C@@](O)(Cn5cnnn5)c5ccc(F)cc5F)(C3)C4)cc2)CC1. The van der Waals surface area contributed by atoms with E-state index in [1.54, 1.807) is 0 Å². The predicted octanol–water partition coefficient (Wildman–Crippen LogP) is 4.32. The van der Waals surface area contributed by atoms with Crippen LogP contribution in [0.5, 0.6) is 5.75 Å². The van der Waals surface area contributed by atoms with Crippen LogP contribution in [-0.2, 0) is 17.6 Å². The van der Waals surface area contributed by atoms with Crippen LogP contribution in [0.4, 0.5) is 17.6 Å². The molecule has 0 unspecified atom stereocenters. The van der Waals surface area contributed by atoms with Crippen molar-refractivity contribution in [2.45, 2.75) is 55.6 Å². The van der Waals surface area contributed by atoms with Crippen molar-refractivity contribution in [2.24, 2.45) is 11.3 Å². The molecule has 11 heteroatoms. The van der Waals surface area contributed by atoms with Gasteiger partial charge in [-0.25, -0.2) is 22.2 Å². The highest BCUT2D eigenvalue weighted by molar-refractivity contribution is 5.44. The smallest absolute Gasteiger partial charge is 0.287 e. The van der Waals surface area contributed by atoms with Crippen LogP contribution in [0, 0.1) is 23.0 Å². The van der Waals surface area contributed by atoms with Gasteiger partial charge in [0, 0.05) is 17.0 Å². The number of tetrazole rings is 1. The Hall–Kier alpha value is -3.05. The lowest BCUT2D eigenvalue weighted by molar-refractivity contribution is -0.347. The van der Waals surface area contributed by atoms with Crippen molar-refractivity contribution < 1.29 is 27.4 Å². The van der Waals surface area contributed by atoms with Gasteiger partial charge < -0.3 is 14.7 Å². The Kier molecular flexibility index (Phi) is 6.22. The van der Waals surface area contributed by atoms with Crippen molar-refractivity contribution in [3.05, 3.63) is 71.6 Å². The maximum atomic E-state index is 16.3. The molecule has 208 valence electrons. The van der Waals surface area contributed by atoms with Gasteiger partial charge in [-0.15, -0.1) is 5.10 Å². The van der Waals surface area contributed by atoms with E-state index in [1.807, 2.05) is 24.3 Å². The highest BCUT2D eigenvalue weighted by Gasteiger charge is 2.82. The number of nitrogens with zero attached hydrogens (tertiary/aromatic N) is 5. The molecule has 1 saturated heterocycles. The monoisotopic (exact) mass is 545 g/mol. The molecule has 7 rings (SSSR count). The maximum absolute atomic E-state index is 16.3. The Morgan fingerprint density at radius 1 is 1.05 bits per heavy atom. The topological polar surface area (TPSA) is 76.3 Å². The number of likely N-dealkylation sites (tertiary alicyclic amines) is 1. The number of piperidine rings is 1. The molecule has 39 heavy (non-hydrogen) atoms. The summed E-state index contributed by atoms with van der Waals surface area (Å²) < 4.78 is 68.0. The number of aliphatic hydroxyl groups is 1. The number of alkyl halides is 2. The third kappa shape index (κ3) is 4.21. The van der Waals surface area contributed by atoms with Gasteiger partial charge in [0.25, 0.3) is 5.92 Å². The molecule has 1 aromatic heterocycles. The average molecular weight is 546 g/mol. The highest BCUT2D eigenvalue weighted by Crippen LogP contribution is 2.80. The van der Waals surface area contributed by atoms with Gasteiger partial charge in [-0.05, 0) is 104 Å². The zero-order chi connectivity index (χ0) is 27.5. The van der Waals surface area contributed by atoms with E-state index in [4.69, 9.17) is 4.74 Å². The number of halogens is 4. The first kappa shape index (κ1) is 26.2. The summed E-state index contributed by atoms with van der Waals surface area (Å²) in [5, 5.41) is 22.0. The lowest BCUT2D eigenvalue weighted by Gasteiger charge is -2.74. The van der Waals surface area contributed by atoms with Gasteiger partial charge in [-0.2, -0.15) is 0 Å². The summed E-state index contributed by atoms with van der Waals surface area (Å²) in [7, 11) is 2.12. The molecular formula is C28H31F4N5O2. The van der Waals surface area contributed by atoms with Crippen molar-refractivity contribution in [3.8, 4) is 5.75 Å². The normalized spacial score (nSPS) is 26.9. The summed E-state index contributed by atoms with van der Waals surface area (Å²) in [6, 6.07) is 9.86. The molecule has 3 saturated carbocycles. The molecule has 4 aliphatic rings. The van der Waals surface area contributed by atoms with Gasteiger partial charge in [0.05, 0.1) is 13.2 Å². The number of ether oxygens (including phenoxy) is 1. The summed E-state index contributed by atoms with van der Waals surface area (Å²) in [5.74, 6) is -4.63. The number of hydrogen-bond donors (Lipinski definition) is 1. The molecule has 4 fully saturated rings. The molecule has 1 N–H and O–H groups in total. The molecule has 3 aliphatic carbocycles. The third-order valence-corrected chi connectivity index (χ3v) is 9.17. The van der Waals surface area contributed by atoms with Crippen LogP contribution in [0.15, 0.2) is 48.8 Å². The van der Waals surface area contributed by atoms with Crippen LogP contribution in [0.25, 0.3) is 0 Å². The third-order valence-electron chi connectivity index (χ3n) is 9.17. The van der Waals surface area contributed by atoms with E-state index in [2.05, 4.69) is 27.5 Å². The molecular weight excluding hydrogens is 514 g/mol. The van der Waals surface area contributed by atoms with Gasteiger partial charge in [-0.3, -0.25) is 0 Å². The van der Waals surface area contributed by atoms with E-state index in [0.717, 1.165) is 60.4 Å². The van der Waals surface area contributed by atoms with Crippen LogP contribution < -0.4 is 4.74 Å². The second-order valence-electron chi connectivity index (χ2n) is 11.7. The molecule has 3 aromatic rings. The summed E-state index contributed by atoms with van der Waals surface area (Å²) in [5.41, 5.74) is -4.68. The van der Waals surface area contributed by atoms with Crippen LogP contribution in [0.2, 0.25) is 0 Å². The van der Waals surface area contributed by atoms with Crippen molar-refractivity contribution in [2.75, 3.05) is 26.7 Å². The zero-order valence-corrected chi connectivity index (χ0v) is 21.7. The largest absolute Gasteiger partial charge is 0.493 e. The molecule has 1 atom stereocenters. The van der Waals surface area contributed by atoms with Gasteiger partial charge in [0.15, 0.2) is 5.60 Å². The minimum Gasteiger partial charge on any atom is -0.493 e. The van der Waals surface area contributed by atoms with E-state index in [0.29, 0.717) is 18.6 Å². The minimum absolute atomic E-state index is 0.142. The van der Waals surface area contributed by atoms with Crippen molar-refractivity contribution in [1.82, 2.24) is 25.1 Å². The molecule has 0 radical (unpaired) electrons. The fourth-order valence-electron chi connectivity index (χ4n) is 6.88. The fourth-order valence-corrected chi connectivity index (χ4v) is 6.88. The first-order valence-electron chi connectivity index (χ1n) is 13.2. The van der Waals surface area contributed by atoms with Crippen molar-refractivity contribution >= 4 is 0 Å². The van der Waals surface area contributed by atoms with Gasteiger partial charge in [-0.1, -0.05) is 12.1 Å². The van der Waals surface area contributed by atoms with E-state index >= 15 is 8.78 Å². The predicted molar refractivity (Wildman–Crippen MR) is 133 cm³/mol. The maximum Gasteiger partial charge on any atom is 0.287 e. The Labute approximate surface area is 223 Å². The van der Waals surface area contributed by atoms with Gasteiger partial charge in [0.1, 0.15) is 23.7 Å². The number of benzene rings is 2. The summed E-state index contributed by atoms with van der Waals surface area (Å²) in [6.45, 7) is 2.02. The molecule has 2 heterocycles. The lowest BCUT2D eigenvalue weighted by atomic mass is 9.30. The summed E-state index contributed by atoms with van der Waals surface area (Å²) in [4.78, 5) is 2.31. The molecule has 7 nitrogen and oxygen atoms in total. The van der Waals surface area contributed by atoms with Crippen LogP contribution in [0.1, 0.15) is 43.2 Å². The van der Waals surface area contributed by atoms with Crippen LogP contribution in [-0.4, -0.2) is 62.9 Å². The van der Waals surface area contributed by atoms with E-state index < -0.39 is 46.1 Å². The van der Waals surface area contributed by atoms with Crippen LogP contribution in [0.3, 0.4) is 0 Å². The molecule has 2 bridgehead atoms. The summed E-state index contributed by atoms with van der Waals surface area (Å²) >= 11 is 0. The quantitative estimate of drug-likeness (QED) is 0.404. The average Bonchev–Trinajstić information content (AvgIpc) is 3.35. The Morgan fingerprint density at radius 2 is 1.74 bits per heavy atom. The Morgan fingerprint density at radius 3 is 2.36 bits per heavy atom. The summed E-state index contributed by atoms with van der Waals surface area (Å²) in [6.07, 6.45) is 3.71. The first-order valence-corrected chi connectivity index (χ1v) is 13.2. The van der Waals surface area contributed by atoms with E-state index in [-0.39, 0.29) is 19.3 Å². The van der Waals surface area contributed by atoms with E-state index in [1.165, 1.54) is 0 Å². The minimum atomic E-state index is -3.75. The van der Waals surface area contributed by atoms with Gasteiger partial charge >= 0.3 is 0 Å². The van der Waals surface area contributed by atoms with Crippen LogP contribution >= 0.6 is 0 Å². The Balaban J connectivity index is 1.17. The lowest BCUT2D eigenvalue weighted by Crippen LogP contribution is -2.76. The molecule has 0 amide bonds. The van der Waals surface area contributed by atoms with Crippen molar-refractivity contribution in [3.63, 3.8) is 0 Å². The van der Waals surface area contributed by atoms with Gasteiger partial charge in [0.2, 0.25) is 0 Å². The molecule has 2 aromatic carbocycles. The Bertz CT molecular complexity index is 1310. The fraction of sp³-hybridized carbons (Fsp3) is 0.536. The number of rotatable bonds is 9. The highest BCUT2D eigenvalue weighted by atomic mass is 19.3. The number of aromatic nitrogens is 4. The second-order valence-corrected chi connectivity index (χ2v) is 11.7. The zero-order valence-electron chi connectivity index (χ0n) is 21.7. The van der Waals surface area contributed by atoms with E-state index in [9.17, 15) is 13.9 Å². The second kappa shape index (κ2) is 9.26. The standard InChI is InChI=1S/C28H31F4N5O2/c1-36-10-8-19(9-11-36)13-39-22-5-2-20(3-6-22)25-14-26(15-25,16-25)28(31,32)27(38,17-37-18-33-34-35-37)23-7-4-21(29)12-24(23)30/h2-7,12,18-19,38H,8-11,13-17H2,1H3/t25?,26?,27-/m1/s1. The number of hydrogen-bond acceptors (Lipinski definition) is 6. The molecule has 0 spiro atoms. The molecule has 1 aliphatic heterocycles. The van der Waals surface area contributed by atoms with Crippen molar-refractivity contribution in [1.29, 1.82) is 0 Å².